The van der Waals surface area contributed by atoms with Gasteiger partial charge in [0.1, 0.15) is 0 Å². The van der Waals surface area contributed by atoms with Gasteiger partial charge < -0.3 is 19.7 Å². The van der Waals surface area contributed by atoms with Crippen LogP contribution in [0.4, 0.5) is 11.6 Å². The maximum absolute atomic E-state index is 12.9. The smallest absolute Gasteiger partial charge is 0.253 e. The van der Waals surface area contributed by atoms with Gasteiger partial charge >= 0.3 is 0 Å². The molecule has 1 aromatic carbocycles. The van der Waals surface area contributed by atoms with Gasteiger partial charge in [0.25, 0.3) is 5.91 Å². The largest absolute Gasteiger partial charge is 0.381 e. The quantitative estimate of drug-likeness (QED) is 0.474. The minimum absolute atomic E-state index is 0.0182. The number of amides is 1. The van der Waals surface area contributed by atoms with Gasteiger partial charge in [0.2, 0.25) is 5.95 Å². The van der Waals surface area contributed by atoms with E-state index in [1.54, 1.807) is 19.5 Å². The molecular weight excluding hydrogens is 482 g/mol. The van der Waals surface area contributed by atoms with E-state index in [1.807, 2.05) is 46.1 Å². The van der Waals surface area contributed by atoms with Crippen molar-refractivity contribution in [2.24, 2.45) is 5.92 Å². The Balaban J connectivity index is 1.24. The number of ether oxygens (including phenoxy) is 2. The van der Waals surface area contributed by atoms with Crippen LogP contribution >= 0.6 is 0 Å². The Morgan fingerprint density at radius 3 is 2.66 bits per heavy atom. The molecule has 10 nitrogen and oxygen atoms in total. The lowest BCUT2D eigenvalue weighted by atomic mass is 9.90. The summed E-state index contributed by atoms with van der Waals surface area (Å²) in [7, 11) is 1.72. The molecule has 1 amide bonds. The van der Waals surface area contributed by atoms with Crippen LogP contribution in [0, 0.1) is 17.2 Å². The molecule has 10 heteroatoms. The fourth-order valence-corrected chi connectivity index (χ4v) is 5.20. The predicted molar refractivity (Wildman–Crippen MR) is 142 cm³/mol. The van der Waals surface area contributed by atoms with E-state index < -0.39 is 0 Å². The molecule has 1 unspecified atom stereocenters. The van der Waals surface area contributed by atoms with Crippen LogP contribution in [0.2, 0.25) is 0 Å². The number of methoxy groups -OCH3 is 1. The van der Waals surface area contributed by atoms with Gasteiger partial charge in [-0.3, -0.25) is 9.48 Å². The Kier molecular flexibility index (Phi) is 8.26. The van der Waals surface area contributed by atoms with Gasteiger partial charge in [-0.05, 0) is 61.9 Å². The summed E-state index contributed by atoms with van der Waals surface area (Å²) in [4.78, 5) is 23.8. The van der Waals surface area contributed by atoms with E-state index in [-0.39, 0.29) is 18.1 Å². The number of nitrogens with one attached hydrogen (secondary N) is 1. The first kappa shape index (κ1) is 25.8. The van der Waals surface area contributed by atoms with Crippen LogP contribution in [0.25, 0.3) is 11.3 Å². The monoisotopic (exact) mass is 515 g/mol. The molecule has 2 aliphatic rings. The summed E-state index contributed by atoms with van der Waals surface area (Å²) in [5.41, 5.74) is 3.05. The minimum atomic E-state index is 0.0182. The number of hydrogen-bond donors (Lipinski definition) is 1. The molecule has 1 N–H and O–H groups in total. The molecule has 3 aromatic rings. The number of nitriles is 1. The number of piperidine rings is 1. The lowest BCUT2D eigenvalue weighted by Crippen LogP contribution is -2.40. The normalized spacial score (nSPS) is 17.6. The molecule has 0 radical (unpaired) electrons. The number of anilines is 2. The van der Waals surface area contributed by atoms with Crippen LogP contribution in [0.3, 0.4) is 0 Å². The third kappa shape index (κ3) is 6.01. The summed E-state index contributed by atoms with van der Waals surface area (Å²) in [5, 5.41) is 17.2. The summed E-state index contributed by atoms with van der Waals surface area (Å²) >= 11 is 0. The number of nitrogens with zero attached hydrogens (tertiary/aromatic N) is 6. The SMILES string of the molecule is COC1CCN(C(=O)c2ccc(Nc3nccc(-c4cnn(C(CC#N)C5CCOCC5)c4)n3)cc2)CC1. The maximum Gasteiger partial charge on any atom is 0.253 e. The van der Waals surface area contributed by atoms with Crippen molar-refractivity contribution in [2.75, 3.05) is 38.7 Å². The summed E-state index contributed by atoms with van der Waals surface area (Å²) < 4.78 is 12.8. The van der Waals surface area contributed by atoms with Gasteiger partial charge in [-0.2, -0.15) is 10.4 Å². The third-order valence-electron chi connectivity index (χ3n) is 7.45. The molecule has 2 saturated heterocycles. The van der Waals surface area contributed by atoms with E-state index >= 15 is 0 Å². The molecule has 2 aliphatic heterocycles. The fraction of sp³-hybridized carbons (Fsp3) is 0.464. The highest BCUT2D eigenvalue weighted by molar-refractivity contribution is 5.94. The van der Waals surface area contributed by atoms with Gasteiger partial charge in [-0.1, -0.05) is 0 Å². The highest BCUT2D eigenvalue weighted by Gasteiger charge is 2.26. The first-order valence-electron chi connectivity index (χ1n) is 13.2. The van der Waals surface area contributed by atoms with Crippen molar-refractivity contribution in [3.8, 4) is 17.3 Å². The van der Waals surface area contributed by atoms with E-state index in [1.165, 1.54) is 0 Å². The van der Waals surface area contributed by atoms with Crippen molar-refractivity contribution in [3.05, 3.63) is 54.5 Å². The molecule has 2 aromatic heterocycles. The highest BCUT2D eigenvalue weighted by Crippen LogP contribution is 2.31. The minimum Gasteiger partial charge on any atom is -0.381 e. The van der Waals surface area contributed by atoms with Gasteiger partial charge in [0.05, 0.1) is 36.5 Å². The molecule has 38 heavy (non-hydrogen) atoms. The number of carbonyl (C=O) groups excluding carboxylic acids is 1. The second-order valence-corrected chi connectivity index (χ2v) is 9.78. The second kappa shape index (κ2) is 12.2. The molecule has 0 saturated carbocycles. The number of hydrogen-bond acceptors (Lipinski definition) is 8. The summed E-state index contributed by atoms with van der Waals surface area (Å²) in [6.07, 6.45) is 9.68. The topological polar surface area (TPSA) is 118 Å². The zero-order valence-electron chi connectivity index (χ0n) is 21.6. The average Bonchev–Trinajstić information content (AvgIpc) is 3.47. The molecule has 0 spiro atoms. The molecule has 198 valence electrons. The Morgan fingerprint density at radius 2 is 1.95 bits per heavy atom. The highest BCUT2D eigenvalue weighted by atomic mass is 16.5. The van der Waals surface area contributed by atoms with Crippen molar-refractivity contribution in [1.29, 1.82) is 5.26 Å². The van der Waals surface area contributed by atoms with E-state index in [4.69, 9.17) is 9.47 Å². The number of rotatable bonds is 8. The van der Waals surface area contributed by atoms with E-state index in [0.717, 1.165) is 55.8 Å². The van der Waals surface area contributed by atoms with Crippen LogP contribution < -0.4 is 5.32 Å². The van der Waals surface area contributed by atoms with Crippen molar-refractivity contribution in [1.82, 2.24) is 24.6 Å². The molecule has 4 heterocycles. The first-order chi connectivity index (χ1) is 18.6. The van der Waals surface area contributed by atoms with Crippen molar-refractivity contribution in [3.63, 3.8) is 0 Å². The summed E-state index contributed by atoms with van der Waals surface area (Å²) in [6, 6.07) is 11.6. The van der Waals surface area contributed by atoms with Gasteiger partial charge in [-0.15, -0.1) is 0 Å². The Hall–Kier alpha value is -3.81. The number of aromatic nitrogens is 4. The average molecular weight is 516 g/mol. The lowest BCUT2D eigenvalue weighted by molar-refractivity contribution is 0.0351. The molecule has 0 bridgehead atoms. The molecule has 2 fully saturated rings. The van der Waals surface area contributed by atoms with Crippen molar-refractivity contribution >= 4 is 17.5 Å². The van der Waals surface area contributed by atoms with Crippen LogP contribution in [0.15, 0.2) is 48.9 Å². The predicted octanol–water partition coefficient (Wildman–Crippen LogP) is 4.22. The van der Waals surface area contributed by atoms with E-state index in [9.17, 15) is 10.1 Å². The molecule has 0 aliphatic carbocycles. The lowest BCUT2D eigenvalue weighted by Gasteiger charge is -2.31. The molecular formula is C28H33N7O3. The molecule has 5 rings (SSSR count). The summed E-state index contributed by atoms with van der Waals surface area (Å²) in [5.74, 6) is 0.858. The first-order valence-corrected chi connectivity index (χ1v) is 13.2. The number of carbonyl (C=O) groups is 1. The number of benzene rings is 1. The van der Waals surface area contributed by atoms with Crippen molar-refractivity contribution < 1.29 is 14.3 Å². The summed E-state index contributed by atoms with van der Waals surface area (Å²) in [6.45, 7) is 2.87. The zero-order chi connectivity index (χ0) is 26.3. The maximum atomic E-state index is 12.9. The third-order valence-corrected chi connectivity index (χ3v) is 7.45. The Morgan fingerprint density at radius 1 is 1.18 bits per heavy atom. The van der Waals surface area contributed by atoms with Crippen LogP contribution in [-0.4, -0.2) is 70.1 Å². The van der Waals surface area contributed by atoms with E-state index in [2.05, 4.69) is 26.5 Å². The van der Waals surface area contributed by atoms with Gasteiger partial charge in [0.15, 0.2) is 0 Å². The Bertz CT molecular complexity index is 1260. The molecule has 1 atom stereocenters. The zero-order valence-corrected chi connectivity index (χ0v) is 21.6. The van der Waals surface area contributed by atoms with E-state index in [0.29, 0.717) is 36.9 Å². The fourth-order valence-electron chi connectivity index (χ4n) is 5.20. The number of likely N-dealkylation sites (tertiary alicyclic amines) is 1. The van der Waals surface area contributed by atoms with Crippen LogP contribution in [-0.2, 0) is 9.47 Å². The standard InChI is InChI=1S/C28H33N7O3/c1-37-24-8-14-34(15-9-24)27(36)21-2-4-23(5-3-21)32-28-30-13-7-25(33-28)22-18-31-35(19-22)26(6-12-29)20-10-16-38-17-11-20/h2-5,7,13,18-20,24,26H,6,8-11,14-17H2,1H3,(H,30,32,33). The van der Waals surface area contributed by atoms with Gasteiger partial charge in [-0.25, -0.2) is 9.97 Å². The second-order valence-electron chi connectivity index (χ2n) is 9.78. The van der Waals surface area contributed by atoms with Gasteiger partial charge in [0, 0.05) is 62.6 Å². The van der Waals surface area contributed by atoms with Crippen LogP contribution in [0.5, 0.6) is 0 Å². The Labute approximate surface area is 222 Å². The van der Waals surface area contributed by atoms with Crippen molar-refractivity contribution in [2.45, 2.75) is 44.2 Å². The van der Waals surface area contributed by atoms with Crippen LogP contribution in [0.1, 0.15) is 48.5 Å².